The van der Waals surface area contributed by atoms with E-state index in [1.807, 2.05) is 6.92 Å². The summed E-state index contributed by atoms with van der Waals surface area (Å²) in [5.41, 5.74) is 1.36. The number of nitrogens with zero attached hydrogens (tertiary/aromatic N) is 2. The molecule has 0 aliphatic carbocycles. The predicted octanol–water partition coefficient (Wildman–Crippen LogP) is 3.63. The lowest BCUT2D eigenvalue weighted by molar-refractivity contribution is 0.271. The maximum absolute atomic E-state index is 9.20. The zero-order valence-corrected chi connectivity index (χ0v) is 12.5. The number of aliphatic hydroxyl groups excluding tert-OH is 1. The van der Waals surface area contributed by atoms with Crippen molar-refractivity contribution in [1.29, 1.82) is 0 Å². The summed E-state index contributed by atoms with van der Waals surface area (Å²) in [4.78, 5) is 8.60. The smallest absolute Gasteiger partial charge is 0.145 e. The van der Waals surface area contributed by atoms with Crippen LogP contribution in [0.4, 0.5) is 5.82 Å². The normalized spacial score (nSPS) is 12.2. The van der Waals surface area contributed by atoms with Crippen LogP contribution in [-0.2, 0) is 0 Å². The summed E-state index contributed by atoms with van der Waals surface area (Å²) in [5, 5.41) is 13.5. The Morgan fingerprint density at radius 2 is 2.10 bits per heavy atom. The number of rotatable bonds is 5. The number of halogens is 2. The number of hydrogen-bond acceptors (Lipinski definition) is 4. The van der Waals surface area contributed by atoms with Gasteiger partial charge in [0.25, 0.3) is 0 Å². The zero-order valence-electron chi connectivity index (χ0n) is 11.0. The van der Waals surface area contributed by atoms with Crippen LogP contribution in [0, 0.1) is 0 Å². The van der Waals surface area contributed by atoms with Gasteiger partial charge < -0.3 is 10.4 Å². The number of hydrogen-bond donors (Lipinski definition) is 2. The average Bonchev–Trinajstić information content (AvgIpc) is 2.47. The van der Waals surface area contributed by atoms with E-state index < -0.39 is 0 Å². The molecule has 0 amide bonds. The number of nitrogens with one attached hydrogen (secondary N) is 1. The van der Waals surface area contributed by atoms with Gasteiger partial charge >= 0.3 is 0 Å². The van der Waals surface area contributed by atoms with Crippen LogP contribution in [0.2, 0.25) is 10.0 Å². The largest absolute Gasteiger partial charge is 0.394 e. The number of benzene rings is 1. The summed E-state index contributed by atoms with van der Waals surface area (Å²) in [6.45, 7) is 2.03. The summed E-state index contributed by atoms with van der Waals surface area (Å²) in [5.74, 6) is 0.597. The van der Waals surface area contributed by atoms with Crippen molar-refractivity contribution < 1.29 is 5.11 Å². The van der Waals surface area contributed by atoms with Crippen LogP contribution in [0.5, 0.6) is 0 Å². The van der Waals surface area contributed by atoms with Crippen molar-refractivity contribution in [2.45, 2.75) is 19.4 Å². The third kappa shape index (κ3) is 3.60. The molecule has 0 radical (unpaired) electrons. The third-order valence-electron chi connectivity index (χ3n) is 2.90. The second-order valence-corrected chi connectivity index (χ2v) is 5.19. The van der Waals surface area contributed by atoms with E-state index in [9.17, 15) is 5.11 Å². The summed E-state index contributed by atoms with van der Waals surface area (Å²) < 4.78 is 0. The Balaban J connectivity index is 2.32. The van der Waals surface area contributed by atoms with Crippen molar-refractivity contribution in [1.82, 2.24) is 9.97 Å². The summed E-state index contributed by atoms with van der Waals surface area (Å²) in [6, 6.07) is 5.15. The number of aliphatic hydroxyl groups is 1. The molecule has 1 atom stereocenters. The van der Waals surface area contributed by atoms with Gasteiger partial charge in [0, 0.05) is 10.6 Å². The van der Waals surface area contributed by atoms with Gasteiger partial charge in [-0.3, -0.25) is 4.98 Å². The van der Waals surface area contributed by atoms with Crippen molar-refractivity contribution in [2.75, 3.05) is 11.9 Å². The fraction of sp³-hybridized carbons (Fsp3) is 0.286. The molecule has 1 aromatic heterocycles. The van der Waals surface area contributed by atoms with E-state index in [1.54, 1.807) is 30.6 Å². The second-order valence-electron chi connectivity index (χ2n) is 4.35. The van der Waals surface area contributed by atoms with E-state index in [0.29, 0.717) is 21.6 Å². The van der Waals surface area contributed by atoms with Crippen molar-refractivity contribution >= 4 is 29.0 Å². The van der Waals surface area contributed by atoms with Gasteiger partial charge in [-0.1, -0.05) is 30.1 Å². The molecule has 20 heavy (non-hydrogen) atoms. The Kier molecular flexibility index (Phi) is 5.17. The highest BCUT2D eigenvalue weighted by Crippen LogP contribution is 2.29. The molecule has 6 heteroatoms. The maximum Gasteiger partial charge on any atom is 0.145 e. The van der Waals surface area contributed by atoms with Crippen LogP contribution in [0.1, 0.15) is 13.3 Å². The van der Waals surface area contributed by atoms with Crippen LogP contribution < -0.4 is 5.32 Å². The number of anilines is 1. The fourth-order valence-corrected chi connectivity index (χ4v) is 2.13. The first kappa shape index (κ1) is 15.0. The van der Waals surface area contributed by atoms with Gasteiger partial charge in [0.2, 0.25) is 0 Å². The molecule has 0 saturated heterocycles. The maximum atomic E-state index is 9.20. The van der Waals surface area contributed by atoms with Gasteiger partial charge in [-0.25, -0.2) is 4.98 Å². The fourth-order valence-electron chi connectivity index (χ4n) is 1.75. The molecular weight excluding hydrogens is 297 g/mol. The molecule has 106 valence electrons. The van der Waals surface area contributed by atoms with E-state index in [-0.39, 0.29) is 12.6 Å². The molecule has 2 aromatic rings. The van der Waals surface area contributed by atoms with E-state index in [2.05, 4.69) is 15.3 Å². The number of aromatic nitrogens is 2. The van der Waals surface area contributed by atoms with Gasteiger partial charge in [0.05, 0.1) is 35.8 Å². The minimum atomic E-state index is -0.0469. The Hall–Kier alpha value is -1.36. The SMILES string of the molecule is CCC(CO)Nc1cncc(-c2cc(Cl)ccc2Cl)n1. The molecule has 1 unspecified atom stereocenters. The van der Waals surface area contributed by atoms with Crippen LogP contribution in [0.25, 0.3) is 11.3 Å². The minimum Gasteiger partial charge on any atom is -0.394 e. The Morgan fingerprint density at radius 3 is 2.80 bits per heavy atom. The van der Waals surface area contributed by atoms with Crippen molar-refractivity contribution in [3.8, 4) is 11.3 Å². The Morgan fingerprint density at radius 1 is 1.30 bits per heavy atom. The van der Waals surface area contributed by atoms with E-state index in [1.165, 1.54) is 0 Å². The van der Waals surface area contributed by atoms with Crippen LogP contribution in [0.3, 0.4) is 0 Å². The van der Waals surface area contributed by atoms with Gasteiger partial charge in [0.1, 0.15) is 5.82 Å². The first-order valence-corrected chi connectivity index (χ1v) is 7.04. The standard InChI is InChI=1S/C14H15Cl2N3O/c1-2-10(8-20)18-14-7-17-6-13(19-14)11-5-9(15)3-4-12(11)16/h3-7,10,20H,2,8H2,1H3,(H,18,19). The van der Waals surface area contributed by atoms with E-state index >= 15 is 0 Å². The minimum absolute atomic E-state index is 0.0420. The molecule has 0 fully saturated rings. The van der Waals surface area contributed by atoms with Gasteiger partial charge in [-0.05, 0) is 24.6 Å². The lowest BCUT2D eigenvalue weighted by Gasteiger charge is -2.15. The lowest BCUT2D eigenvalue weighted by atomic mass is 10.1. The van der Waals surface area contributed by atoms with Gasteiger partial charge in [-0.2, -0.15) is 0 Å². The first-order chi connectivity index (χ1) is 9.63. The van der Waals surface area contributed by atoms with Crippen molar-refractivity contribution in [3.05, 3.63) is 40.6 Å². The molecule has 1 heterocycles. The molecule has 0 spiro atoms. The van der Waals surface area contributed by atoms with Crippen molar-refractivity contribution in [3.63, 3.8) is 0 Å². The highest BCUT2D eigenvalue weighted by molar-refractivity contribution is 6.35. The zero-order chi connectivity index (χ0) is 14.5. The van der Waals surface area contributed by atoms with Crippen LogP contribution in [0.15, 0.2) is 30.6 Å². The van der Waals surface area contributed by atoms with E-state index in [0.717, 1.165) is 12.0 Å². The molecule has 0 saturated carbocycles. The lowest BCUT2D eigenvalue weighted by Crippen LogP contribution is -2.23. The summed E-state index contributed by atoms with van der Waals surface area (Å²) >= 11 is 12.1. The van der Waals surface area contributed by atoms with Crippen LogP contribution in [-0.4, -0.2) is 27.7 Å². The Labute approximate surface area is 127 Å². The highest BCUT2D eigenvalue weighted by atomic mass is 35.5. The molecule has 0 aliphatic rings. The predicted molar refractivity (Wildman–Crippen MR) is 82.3 cm³/mol. The summed E-state index contributed by atoms with van der Waals surface area (Å²) in [6.07, 6.45) is 4.03. The van der Waals surface area contributed by atoms with E-state index in [4.69, 9.17) is 23.2 Å². The second kappa shape index (κ2) is 6.88. The average molecular weight is 312 g/mol. The van der Waals surface area contributed by atoms with Crippen molar-refractivity contribution in [2.24, 2.45) is 0 Å². The Bertz CT molecular complexity index is 588. The monoisotopic (exact) mass is 311 g/mol. The van der Waals surface area contributed by atoms with Crippen LogP contribution >= 0.6 is 23.2 Å². The topological polar surface area (TPSA) is 58.0 Å². The molecule has 2 N–H and O–H groups in total. The first-order valence-electron chi connectivity index (χ1n) is 6.29. The van der Waals surface area contributed by atoms with Gasteiger partial charge in [0.15, 0.2) is 0 Å². The molecular formula is C14H15Cl2N3O. The molecule has 0 aliphatic heterocycles. The molecule has 2 rings (SSSR count). The highest BCUT2D eigenvalue weighted by Gasteiger charge is 2.09. The van der Waals surface area contributed by atoms with Gasteiger partial charge in [-0.15, -0.1) is 0 Å². The molecule has 0 bridgehead atoms. The quantitative estimate of drug-likeness (QED) is 0.885. The molecule has 4 nitrogen and oxygen atoms in total. The summed E-state index contributed by atoms with van der Waals surface area (Å²) in [7, 11) is 0. The molecule has 1 aromatic carbocycles. The third-order valence-corrected chi connectivity index (χ3v) is 3.47.